The minimum Gasteiger partial charge on any atom is -0.366 e. The fourth-order valence-electron chi connectivity index (χ4n) is 5.79. The molecule has 1 aromatic carbocycles. The number of amides is 3. The quantitative estimate of drug-likeness (QED) is 0.737. The second kappa shape index (κ2) is 7.48. The molecule has 3 aliphatic heterocycles. The van der Waals surface area contributed by atoms with Crippen LogP contribution < -0.4 is 5.32 Å². The molecular formula is C22H30N4O4S. The first-order valence-corrected chi connectivity index (χ1v) is 13.0. The van der Waals surface area contributed by atoms with E-state index < -0.39 is 9.73 Å². The number of likely N-dealkylation sites (tertiary alicyclic amines) is 2. The van der Waals surface area contributed by atoms with E-state index in [1.54, 1.807) is 6.07 Å². The first-order chi connectivity index (χ1) is 14.7. The van der Waals surface area contributed by atoms with E-state index in [4.69, 9.17) is 9.52 Å². The van der Waals surface area contributed by atoms with Crippen molar-refractivity contribution in [2.45, 2.75) is 42.7 Å². The summed E-state index contributed by atoms with van der Waals surface area (Å²) in [7, 11) is -2.68. The zero-order chi connectivity index (χ0) is 21.8. The Morgan fingerprint density at radius 1 is 1.32 bits per heavy atom. The van der Waals surface area contributed by atoms with Crippen molar-refractivity contribution in [3.63, 3.8) is 0 Å². The van der Waals surface area contributed by atoms with Crippen LogP contribution in [0.3, 0.4) is 0 Å². The van der Waals surface area contributed by atoms with E-state index in [0.717, 1.165) is 44.3 Å². The lowest BCUT2D eigenvalue weighted by molar-refractivity contribution is -0.140. The van der Waals surface area contributed by atoms with Gasteiger partial charge in [-0.05, 0) is 49.3 Å². The Morgan fingerprint density at radius 3 is 2.84 bits per heavy atom. The largest absolute Gasteiger partial charge is 0.366 e. The molecule has 1 saturated carbocycles. The first kappa shape index (κ1) is 20.8. The normalized spacial score (nSPS) is 29.4. The van der Waals surface area contributed by atoms with Crippen LogP contribution in [0.15, 0.2) is 29.2 Å². The fraction of sp³-hybridized carbons (Fsp3) is 0.636. The van der Waals surface area contributed by atoms with Gasteiger partial charge < -0.3 is 19.9 Å². The van der Waals surface area contributed by atoms with E-state index in [1.165, 1.54) is 6.26 Å². The van der Waals surface area contributed by atoms with Crippen LogP contribution in [0, 0.1) is 16.1 Å². The molecular weight excluding hydrogens is 416 g/mol. The molecule has 31 heavy (non-hydrogen) atoms. The van der Waals surface area contributed by atoms with Crippen molar-refractivity contribution in [2.75, 3.05) is 39.0 Å². The Balaban J connectivity index is 1.10. The molecule has 1 aromatic rings. The van der Waals surface area contributed by atoms with E-state index >= 15 is 0 Å². The number of rotatable bonds is 3. The molecule has 9 heteroatoms. The van der Waals surface area contributed by atoms with E-state index in [9.17, 15) is 13.8 Å². The lowest BCUT2D eigenvalue weighted by atomic mass is 9.56. The number of nitrogens with zero attached hydrogens (tertiary/aromatic N) is 2. The number of urea groups is 1. The lowest BCUT2D eigenvalue weighted by Gasteiger charge is -2.60. The number of carbonyl (C=O) groups is 2. The summed E-state index contributed by atoms with van der Waals surface area (Å²) in [6.07, 6.45) is 5.40. The summed E-state index contributed by atoms with van der Waals surface area (Å²) in [6.45, 7) is 2.94. The Bertz CT molecular complexity index is 997. The van der Waals surface area contributed by atoms with Gasteiger partial charge in [-0.25, -0.2) is 13.8 Å². The molecule has 8 nitrogen and oxygen atoms in total. The van der Waals surface area contributed by atoms with Crippen LogP contribution in [-0.2, 0) is 25.7 Å². The fourth-order valence-corrected chi connectivity index (χ4v) is 6.50. The van der Waals surface area contributed by atoms with Gasteiger partial charge in [0, 0.05) is 42.7 Å². The molecule has 4 fully saturated rings. The number of ether oxygens (including phenoxy) is 1. The number of fused-ring (bicyclic) bond motifs is 1. The van der Waals surface area contributed by atoms with Crippen molar-refractivity contribution >= 4 is 21.7 Å². The maximum Gasteiger partial charge on any atom is 0.320 e. The van der Waals surface area contributed by atoms with Crippen LogP contribution in [0.4, 0.5) is 4.79 Å². The highest BCUT2D eigenvalue weighted by Gasteiger charge is 2.54. The molecule has 2 N–H and O–H groups in total. The van der Waals surface area contributed by atoms with E-state index in [0.29, 0.717) is 23.9 Å². The maximum absolute atomic E-state index is 12.9. The third-order valence-corrected chi connectivity index (χ3v) is 8.39. The van der Waals surface area contributed by atoms with Gasteiger partial charge in [-0.1, -0.05) is 12.1 Å². The SMILES string of the molecule is CS(=N)(=O)c1cccc(CC2CC3(C2)CN(C(=O)N2CC[C@@H]4OCC(=O)N[C@@H]4C2)C3)c1. The molecule has 5 rings (SSSR count). The number of hydrogen-bond donors (Lipinski definition) is 2. The van der Waals surface area contributed by atoms with Gasteiger partial charge in [-0.15, -0.1) is 0 Å². The second-order valence-corrected chi connectivity index (χ2v) is 12.0. The van der Waals surface area contributed by atoms with Gasteiger partial charge in [-0.2, -0.15) is 0 Å². The lowest BCUT2D eigenvalue weighted by Crippen LogP contribution is -2.68. The minimum absolute atomic E-state index is 0.0199. The average Bonchev–Trinajstić information content (AvgIpc) is 2.67. The molecule has 168 valence electrons. The molecule has 0 radical (unpaired) electrons. The molecule has 3 heterocycles. The molecule has 1 spiro atoms. The van der Waals surface area contributed by atoms with Crippen LogP contribution in [0.2, 0.25) is 0 Å². The van der Waals surface area contributed by atoms with Gasteiger partial charge in [0.1, 0.15) is 6.61 Å². The number of carbonyl (C=O) groups excluding carboxylic acids is 2. The molecule has 3 saturated heterocycles. The first-order valence-electron chi connectivity index (χ1n) is 11.0. The number of nitrogens with one attached hydrogen (secondary N) is 2. The van der Waals surface area contributed by atoms with Crippen molar-refractivity contribution in [3.05, 3.63) is 29.8 Å². The van der Waals surface area contributed by atoms with Crippen molar-refractivity contribution in [3.8, 4) is 0 Å². The Hall–Kier alpha value is -2.13. The van der Waals surface area contributed by atoms with Gasteiger partial charge in [0.25, 0.3) is 0 Å². The van der Waals surface area contributed by atoms with Gasteiger partial charge in [0.15, 0.2) is 0 Å². The average molecular weight is 447 g/mol. The Labute approximate surface area is 183 Å². The smallest absolute Gasteiger partial charge is 0.320 e. The monoisotopic (exact) mass is 446 g/mol. The van der Waals surface area contributed by atoms with Crippen LogP contribution in [0.5, 0.6) is 0 Å². The topological polar surface area (TPSA) is 103 Å². The Morgan fingerprint density at radius 2 is 2.10 bits per heavy atom. The van der Waals surface area contributed by atoms with E-state index in [-0.39, 0.29) is 36.1 Å². The van der Waals surface area contributed by atoms with Crippen molar-refractivity contribution in [1.29, 1.82) is 4.78 Å². The number of morpholine rings is 1. The van der Waals surface area contributed by atoms with Crippen LogP contribution >= 0.6 is 0 Å². The van der Waals surface area contributed by atoms with E-state index in [1.807, 2.05) is 28.0 Å². The molecule has 3 amide bonds. The number of piperidine rings is 1. The summed E-state index contributed by atoms with van der Waals surface area (Å²) in [5, 5.41) is 2.95. The van der Waals surface area contributed by atoms with Crippen LogP contribution in [0.25, 0.3) is 0 Å². The maximum atomic E-state index is 12.9. The molecule has 4 aliphatic rings. The predicted octanol–water partition coefficient (Wildman–Crippen LogP) is 1.69. The third-order valence-electron chi connectivity index (χ3n) is 7.23. The van der Waals surface area contributed by atoms with Gasteiger partial charge >= 0.3 is 6.03 Å². The summed E-state index contributed by atoms with van der Waals surface area (Å²) in [5.41, 5.74) is 1.40. The second-order valence-electron chi connectivity index (χ2n) is 9.87. The van der Waals surface area contributed by atoms with Crippen molar-refractivity contribution in [1.82, 2.24) is 15.1 Å². The summed E-state index contributed by atoms with van der Waals surface area (Å²) in [5.74, 6) is 0.477. The van der Waals surface area contributed by atoms with Gasteiger partial charge in [-0.3, -0.25) is 4.79 Å². The van der Waals surface area contributed by atoms with Crippen LogP contribution in [0.1, 0.15) is 24.8 Å². The highest BCUT2D eigenvalue weighted by molar-refractivity contribution is 7.91. The highest BCUT2D eigenvalue weighted by atomic mass is 32.2. The molecule has 3 atom stereocenters. The molecule has 1 aliphatic carbocycles. The minimum atomic E-state index is -2.68. The number of hydrogen-bond acceptors (Lipinski definition) is 5. The standard InChI is InChI=1S/C22H30N4O4S/c1-31(23,29)17-4-2-3-15(8-17)7-16-9-22(10-16)13-26(14-22)21(28)25-6-5-19-18(11-25)24-20(27)12-30-19/h2-4,8,16,18-19,23H,5-7,9-14H2,1H3,(H,24,27)/t18-,19+,31?/m1/s1. The third kappa shape index (κ3) is 4.05. The predicted molar refractivity (Wildman–Crippen MR) is 115 cm³/mol. The highest BCUT2D eigenvalue weighted by Crippen LogP contribution is 2.53. The Kier molecular flexibility index (Phi) is 5.01. The summed E-state index contributed by atoms with van der Waals surface area (Å²) in [6, 6.07) is 7.60. The summed E-state index contributed by atoms with van der Waals surface area (Å²) < 4.78 is 25.3. The zero-order valence-corrected chi connectivity index (χ0v) is 18.7. The zero-order valence-electron chi connectivity index (χ0n) is 17.8. The molecule has 0 bridgehead atoms. The number of benzene rings is 1. The van der Waals surface area contributed by atoms with Crippen LogP contribution in [-0.4, -0.2) is 77.1 Å². The summed E-state index contributed by atoms with van der Waals surface area (Å²) >= 11 is 0. The van der Waals surface area contributed by atoms with Crippen molar-refractivity contribution < 1.29 is 18.5 Å². The molecule has 0 aromatic heterocycles. The van der Waals surface area contributed by atoms with Gasteiger partial charge in [0.2, 0.25) is 5.91 Å². The molecule has 1 unspecified atom stereocenters. The van der Waals surface area contributed by atoms with Gasteiger partial charge in [0.05, 0.1) is 21.9 Å². The van der Waals surface area contributed by atoms with Crippen molar-refractivity contribution in [2.24, 2.45) is 11.3 Å². The summed E-state index contributed by atoms with van der Waals surface area (Å²) in [4.78, 5) is 28.9. The van der Waals surface area contributed by atoms with E-state index in [2.05, 4.69) is 5.32 Å².